The first-order valence-corrected chi connectivity index (χ1v) is 10.0. The Morgan fingerprint density at radius 2 is 1.58 bits per heavy atom. The molecule has 0 bridgehead atoms. The molecule has 0 aliphatic carbocycles. The molecule has 6 N–H and O–H groups in total. The minimum absolute atomic E-state index is 0.479. The zero-order valence-corrected chi connectivity index (χ0v) is 17.4. The molecule has 4 amide bonds. The Morgan fingerprint density at radius 1 is 1.03 bits per heavy atom. The Bertz CT molecular complexity index is 976. The summed E-state index contributed by atoms with van der Waals surface area (Å²) in [6.07, 6.45) is -4.23. The van der Waals surface area contributed by atoms with Crippen molar-refractivity contribution in [2.24, 2.45) is 5.10 Å². The topological polar surface area (TPSA) is 172 Å². The van der Waals surface area contributed by atoms with Gasteiger partial charge in [-0.3, -0.25) is 19.8 Å². The fourth-order valence-corrected chi connectivity index (χ4v) is 3.61. The summed E-state index contributed by atoms with van der Waals surface area (Å²) < 4.78 is 0. The van der Waals surface area contributed by atoms with Crippen molar-refractivity contribution >= 4 is 24.1 Å². The summed E-state index contributed by atoms with van der Waals surface area (Å²) in [6, 6.07) is 16.3. The Kier molecular flexibility index (Phi) is 7.51. The first kappa shape index (κ1) is 24.0. The number of amides is 4. The number of benzene rings is 2. The average molecular weight is 456 g/mol. The molecule has 1 heterocycles. The lowest BCUT2D eigenvalue weighted by Gasteiger charge is -2.35. The second kappa shape index (κ2) is 10.3. The molecular formula is C22H24N4O7. The minimum Gasteiger partial charge on any atom is -0.394 e. The lowest BCUT2D eigenvalue weighted by Crippen LogP contribution is -2.51. The molecule has 0 spiro atoms. The number of hydrazone groups is 1. The lowest BCUT2D eigenvalue weighted by atomic mass is 9.81. The normalized spacial score (nSPS) is 18.1. The number of carbonyl (C=O) groups is 3. The number of nitrogens with one attached hydrogen (secondary N) is 2. The Labute approximate surface area is 189 Å². The predicted molar refractivity (Wildman–Crippen MR) is 116 cm³/mol. The largest absolute Gasteiger partial charge is 0.394 e. The highest BCUT2D eigenvalue weighted by molar-refractivity contribution is 6.10. The molecule has 0 unspecified atom stereocenters. The van der Waals surface area contributed by atoms with Crippen LogP contribution >= 0.6 is 0 Å². The summed E-state index contributed by atoms with van der Waals surface area (Å²) in [5.41, 5.74) is 1.47. The summed E-state index contributed by atoms with van der Waals surface area (Å²) in [5, 5.41) is 43.3. The molecule has 11 heteroatoms. The van der Waals surface area contributed by atoms with Crippen LogP contribution in [0.25, 0.3) is 0 Å². The van der Waals surface area contributed by atoms with E-state index in [0.29, 0.717) is 11.1 Å². The molecule has 174 valence electrons. The van der Waals surface area contributed by atoms with Crippen LogP contribution in [-0.2, 0) is 15.1 Å². The highest BCUT2D eigenvalue weighted by Gasteiger charge is 2.55. The molecule has 0 radical (unpaired) electrons. The molecule has 11 nitrogen and oxygen atoms in total. The van der Waals surface area contributed by atoms with Crippen LogP contribution in [0.1, 0.15) is 11.1 Å². The average Bonchev–Trinajstić information content (AvgIpc) is 3.08. The van der Waals surface area contributed by atoms with E-state index in [1.165, 1.54) is 0 Å². The second-order valence-electron chi connectivity index (χ2n) is 7.33. The number of nitrogens with zero attached hydrogens (tertiary/aromatic N) is 2. The van der Waals surface area contributed by atoms with E-state index in [4.69, 9.17) is 5.11 Å². The summed E-state index contributed by atoms with van der Waals surface area (Å²) in [4.78, 5) is 39.5. The lowest BCUT2D eigenvalue weighted by molar-refractivity contribution is -0.127. The van der Waals surface area contributed by atoms with Gasteiger partial charge < -0.3 is 20.4 Å². The molecule has 0 aromatic heterocycles. The van der Waals surface area contributed by atoms with Crippen molar-refractivity contribution in [3.8, 4) is 0 Å². The van der Waals surface area contributed by atoms with Gasteiger partial charge in [-0.2, -0.15) is 5.10 Å². The van der Waals surface area contributed by atoms with Gasteiger partial charge in [-0.05, 0) is 11.1 Å². The van der Waals surface area contributed by atoms with E-state index >= 15 is 0 Å². The molecular weight excluding hydrogens is 432 g/mol. The third-order valence-corrected chi connectivity index (χ3v) is 5.23. The van der Waals surface area contributed by atoms with E-state index in [-0.39, 0.29) is 0 Å². The zero-order chi connectivity index (χ0) is 24.0. The van der Waals surface area contributed by atoms with Gasteiger partial charge in [0.25, 0.3) is 11.8 Å². The summed E-state index contributed by atoms with van der Waals surface area (Å²) in [7, 11) is 0. The van der Waals surface area contributed by atoms with Crippen molar-refractivity contribution in [3.05, 3.63) is 71.8 Å². The van der Waals surface area contributed by atoms with Crippen LogP contribution < -0.4 is 10.7 Å². The Morgan fingerprint density at radius 3 is 2.09 bits per heavy atom. The van der Waals surface area contributed by atoms with Gasteiger partial charge in [0.1, 0.15) is 24.9 Å². The fourth-order valence-electron chi connectivity index (χ4n) is 3.61. The second-order valence-corrected chi connectivity index (χ2v) is 7.33. The SMILES string of the molecule is O=C(CN1C(=O)NC(=O)C1(c1ccccc1)c1ccccc1)N/N=C/[C@H](O)[C@@H](O)[C@@H](O)CO. The monoisotopic (exact) mass is 456 g/mol. The molecule has 1 aliphatic rings. The van der Waals surface area contributed by atoms with Crippen molar-refractivity contribution in [1.82, 2.24) is 15.6 Å². The quantitative estimate of drug-likeness (QED) is 0.154. The third-order valence-electron chi connectivity index (χ3n) is 5.23. The predicted octanol–water partition coefficient (Wildman–Crippen LogP) is -1.34. The standard InChI is InChI=1S/C22H24N4O7/c27-13-17(29)19(31)16(28)11-23-25-18(30)12-26-21(33)24-20(32)22(26,14-7-3-1-4-8-14)15-9-5-2-6-10-15/h1-11,16-17,19,27-29,31H,12-13H2,(H,25,30)(H,24,32,33)/b23-11+/t16-,17-,19+/m0/s1. The maximum atomic E-state index is 13.1. The molecule has 0 saturated carbocycles. The highest BCUT2D eigenvalue weighted by atomic mass is 16.4. The number of urea groups is 1. The zero-order valence-electron chi connectivity index (χ0n) is 17.4. The molecule has 33 heavy (non-hydrogen) atoms. The fraction of sp³-hybridized carbons (Fsp3) is 0.273. The number of rotatable bonds is 9. The summed E-state index contributed by atoms with van der Waals surface area (Å²) in [5.74, 6) is -1.39. The first-order chi connectivity index (χ1) is 15.8. The molecule has 2 aromatic rings. The van der Waals surface area contributed by atoms with Gasteiger partial charge in [0.2, 0.25) is 0 Å². The van der Waals surface area contributed by atoms with E-state index in [1.54, 1.807) is 60.7 Å². The van der Waals surface area contributed by atoms with Gasteiger partial charge in [0.15, 0.2) is 5.54 Å². The van der Waals surface area contributed by atoms with Gasteiger partial charge >= 0.3 is 6.03 Å². The number of aliphatic hydroxyl groups is 4. The van der Waals surface area contributed by atoms with Crippen LogP contribution in [0.3, 0.4) is 0 Å². The summed E-state index contributed by atoms with van der Waals surface area (Å²) >= 11 is 0. The van der Waals surface area contributed by atoms with E-state index in [2.05, 4.69) is 15.8 Å². The number of carbonyl (C=O) groups excluding carboxylic acids is 3. The van der Waals surface area contributed by atoms with Crippen molar-refractivity contribution in [3.63, 3.8) is 0 Å². The number of aliphatic hydroxyl groups excluding tert-OH is 4. The first-order valence-electron chi connectivity index (χ1n) is 10.0. The number of hydrogen-bond donors (Lipinski definition) is 6. The minimum atomic E-state index is -1.72. The highest BCUT2D eigenvalue weighted by Crippen LogP contribution is 2.39. The van der Waals surface area contributed by atoms with Crippen molar-refractivity contribution in [1.29, 1.82) is 0 Å². The molecule has 2 aromatic carbocycles. The Hall–Kier alpha value is -3.64. The van der Waals surface area contributed by atoms with E-state index in [9.17, 15) is 29.7 Å². The van der Waals surface area contributed by atoms with Crippen LogP contribution in [0.4, 0.5) is 4.79 Å². The third kappa shape index (κ3) is 4.76. The summed E-state index contributed by atoms with van der Waals surface area (Å²) in [6.45, 7) is -1.34. The van der Waals surface area contributed by atoms with Crippen molar-refractivity contribution < 1.29 is 34.8 Å². The van der Waals surface area contributed by atoms with E-state index < -0.39 is 54.8 Å². The maximum Gasteiger partial charge on any atom is 0.326 e. The van der Waals surface area contributed by atoms with Gasteiger partial charge in [-0.25, -0.2) is 10.2 Å². The van der Waals surface area contributed by atoms with Gasteiger partial charge in [-0.15, -0.1) is 0 Å². The molecule has 3 rings (SSSR count). The Balaban J connectivity index is 1.86. The van der Waals surface area contributed by atoms with Crippen molar-refractivity contribution in [2.75, 3.05) is 13.2 Å². The van der Waals surface area contributed by atoms with Crippen molar-refractivity contribution in [2.45, 2.75) is 23.9 Å². The van der Waals surface area contributed by atoms with Gasteiger partial charge in [0, 0.05) is 0 Å². The molecule has 1 fully saturated rings. The number of hydrogen-bond acceptors (Lipinski definition) is 8. The van der Waals surface area contributed by atoms with Crippen LogP contribution in [0.5, 0.6) is 0 Å². The van der Waals surface area contributed by atoms with Crippen LogP contribution in [-0.4, -0.2) is 80.8 Å². The van der Waals surface area contributed by atoms with Gasteiger partial charge in [0.05, 0.1) is 12.8 Å². The van der Waals surface area contributed by atoms with Crippen LogP contribution in [0.2, 0.25) is 0 Å². The molecule has 1 saturated heterocycles. The van der Waals surface area contributed by atoms with Crippen LogP contribution in [0, 0.1) is 0 Å². The smallest absolute Gasteiger partial charge is 0.326 e. The van der Waals surface area contributed by atoms with E-state index in [1.807, 2.05) is 0 Å². The maximum absolute atomic E-state index is 13.1. The van der Waals surface area contributed by atoms with Gasteiger partial charge in [-0.1, -0.05) is 60.7 Å². The molecule has 3 atom stereocenters. The number of imide groups is 1. The van der Waals surface area contributed by atoms with E-state index in [0.717, 1.165) is 11.1 Å². The van der Waals surface area contributed by atoms with Crippen LogP contribution in [0.15, 0.2) is 65.8 Å². The molecule has 1 aliphatic heterocycles.